The van der Waals surface area contributed by atoms with Gasteiger partial charge in [0.15, 0.2) is 6.10 Å². The third kappa shape index (κ3) is 7.14. The Kier molecular flexibility index (Phi) is 7.90. The molecule has 2 aromatic carbocycles. The Balaban J connectivity index is 1.89. The van der Waals surface area contributed by atoms with Crippen molar-refractivity contribution < 1.29 is 31.2 Å². The largest absolute Gasteiger partial charge is 0.453 e. The van der Waals surface area contributed by atoms with Gasteiger partial charge in [-0.15, -0.1) is 0 Å². The van der Waals surface area contributed by atoms with Crippen molar-refractivity contribution in [3.05, 3.63) is 54.1 Å². The number of carbonyl (C=O) groups excluding carboxylic acids is 2. The van der Waals surface area contributed by atoms with Crippen LogP contribution in [-0.2, 0) is 40.8 Å². The minimum atomic E-state index is -3.92. The van der Waals surface area contributed by atoms with E-state index < -0.39 is 38.0 Å². The number of esters is 1. The highest BCUT2D eigenvalue weighted by atomic mass is 32.2. The Labute approximate surface area is 180 Å². The molecule has 0 fully saturated rings. The molecule has 0 saturated carbocycles. The fourth-order valence-corrected chi connectivity index (χ4v) is 3.79. The summed E-state index contributed by atoms with van der Waals surface area (Å²) in [7, 11) is -6.14. The van der Waals surface area contributed by atoms with E-state index in [1.165, 1.54) is 50.4 Å². The van der Waals surface area contributed by atoms with Crippen LogP contribution in [-0.4, -0.2) is 41.9 Å². The smallest absolute Gasteiger partial charge is 0.306 e. The van der Waals surface area contributed by atoms with Gasteiger partial charge in [-0.25, -0.2) is 26.7 Å². The number of rotatable bonds is 9. The molecular weight excluding hydrogens is 446 g/mol. The van der Waals surface area contributed by atoms with Gasteiger partial charge in [-0.3, -0.25) is 9.59 Å². The molecule has 0 radical (unpaired) electrons. The minimum absolute atomic E-state index is 0.0172. The van der Waals surface area contributed by atoms with Crippen LogP contribution in [0.25, 0.3) is 0 Å². The van der Waals surface area contributed by atoms with E-state index in [1.54, 1.807) is 12.1 Å². The zero-order chi connectivity index (χ0) is 23.2. The predicted molar refractivity (Wildman–Crippen MR) is 113 cm³/mol. The summed E-state index contributed by atoms with van der Waals surface area (Å²) in [5.41, 5.74) is 0.917. The predicted octanol–water partition coefficient (Wildman–Crippen LogP) is 0.745. The zero-order valence-corrected chi connectivity index (χ0v) is 18.5. The molecule has 0 aromatic heterocycles. The Morgan fingerprint density at radius 2 is 1.68 bits per heavy atom. The maximum Gasteiger partial charge on any atom is 0.306 e. The first-order valence-corrected chi connectivity index (χ1v) is 12.1. The molecule has 0 spiro atoms. The molecule has 31 heavy (non-hydrogen) atoms. The second kappa shape index (κ2) is 10.0. The van der Waals surface area contributed by atoms with Gasteiger partial charge in [0.25, 0.3) is 5.91 Å². The van der Waals surface area contributed by atoms with E-state index in [-0.39, 0.29) is 21.9 Å². The maximum absolute atomic E-state index is 12.2. The van der Waals surface area contributed by atoms with E-state index in [9.17, 15) is 26.4 Å². The van der Waals surface area contributed by atoms with Gasteiger partial charge in [0, 0.05) is 12.1 Å². The van der Waals surface area contributed by atoms with Crippen LogP contribution in [0.2, 0.25) is 0 Å². The molecule has 1 unspecified atom stereocenters. The van der Waals surface area contributed by atoms with Crippen molar-refractivity contribution >= 4 is 37.6 Å². The molecule has 2 rings (SSSR count). The molecule has 12 heteroatoms. The van der Waals surface area contributed by atoms with Crippen molar-refractivity contribution in [1.82, 2.24) is 4.72 Å². The van der Waals surface area contributed by atoms with Crippen molar-refractivity contribution in [3.63, 3.8) is 0 Å². The molecule has 1 atom stereocenters. The molecule has 2 aromatic rings. The standard InChI is InChI=1S/C19H23N3O7S2/c1-13(19(24)22-15-4-3-5-17(12-15)30(20,25)26)29-18(23)11-8-14-6-9-16(10-7-14)31(27,28)21-2/h3-7,9-10,12-13,21H,8,11H2,1-2H3,(H,22,24)(H2,20,25,26). The van der Waals surface area contributed by atoms with Crippen LogP contribution in [0.1, 0.15) is 18.9 Å². The monoisotopic (exact) mass is 469 g/mol. The normalized spacial score (nSPS) is 12.7. The summed E-state index contributed by atoms with van der Waals surface area (Å²) in [5, 5.41) is 7.52. The molecule has 0 heterocycles. The van der Waals surface area contributed by atoms with Gasteiger partial charge in [0.1, 0.15) is 0 Å². The van der Waals surface area contributed by atoms with Gasteiger partial charge in [0.05, 0.1) is 9.79 Å². The fraction of sp³-hybridized carbons (Fsp3) is 0.263. The number of primary sulfonamides is 1. The third-order valence-electron chi connectivity index (χ3n) is 4.23. The summed E-state index contributed by atoms with van der Waals surface area (Å²) in [6.07, 6.45) is -0.839. The summed E-state index contributed by atoms with van der Waals surface area (Å²) in [5.74, 6) is -1.26. The third-order valence-corrected chi connectivity index (χ3v) is 6.57. The average Bonchev–Trinajstić information content (AvgIpc) is 2.72. The van der Waals surface area contributed by atoms with Crippen molar-refractivity contribution in [1.29, 1.82) is 0 Å². The lowest BCUT2D eigenvalue weighted by Gasteiger charge is -2.14. The second-order valence-electron chi connectivity index (χ2n) is 6.55. The lowest BCUT2D eigenvalue weighted by Crippen LogP contribution is -2.30. The molecule has 0 aliphatic rings. The molecule has 1 amide bonds. The molecule has 0 bridgehead atoms. The molecule has 168 valence electrons. The van der Waals surface area contributed by atoms with Crippen LogP contribution >= 0.6 is 0 Å². The molecule has 4 N–H and O–H groups in total. The van der Waals surface area contributed by atoms with Crippen LogP contribution < -0.4 is 15.2 Å². The van der Waals surface area contributed by atoms with Crippen molar-refractivity contribution in [2.45, 2.75) is 35.7 Å². The van der Waals surface area contributed by atoms with E-state index in [4.69, 9.17) is 9.88 Å². The number of hydrogen-bond acceptors (Lipinski definition) is 7. The zero-order valence-electron chi connectivity index (χ0n) is 16.9. The number of hydrogen-bond donors (Lipinski definition) is 3. The molecule has 0 saturated heterocycles. The first kappa shape index (κ1) is 24.5. The number of nitrogens with two attached hydrogens (primary N) is 1. The molecule has 0 aliphatic heterocycles. The first-order chi connectivity index (χ1) is 14.4. The summed E-state index contributed by atoms with van der Waals surface area (Å²) < 4.78 is 53.5. The topological polar surface area (TPSA) is 162 Å². The van der Waals surface area contributed by atoms with Crippen LogP contribution in [0.5, 0.6) is 0 Å². The summed E-state index contributed by atoms with van der Waals surface area (Å²) in [6, 6.07) is 11.4. The number of nitrogens with one attached hydrogen (secondary N) is 2. The molecule has 0 aliphatic carbocycles. The minimum Gasteiger partial charge on any atom is -0.453 e. The van der Waals surface area contributed by atoms with Crippen molar-refractivity contribution in [3.8, 4) is 0 Å². The van der Waals surface area contributed by atoms with Crippen LogP contribution in [0.3, 0.4) is 0 Å². The first-order valence-electron chi connectivity index (χ1n) is 9.08. The fourth-order valence-electron chi connectivity index (χ4n) is 2.50. The highest BCUT2D eigenvalue weighted by molar-refractivity contribution is 7.89. The summed E-state index contributed by atoms with van der Waals surface area (Å²) in [4.78, 5) is 24.2. The number of anilines is 1. The Hall–Kier alpha value is -2.80. The van der Waals surface area contributed by atoms with E-state index in [0.717, 1.165) is 5.56 Å². The summed E-state index contributed by atoms with van der Waals surface area (Å²) in [6.45, 7) is 1.38. The van der Waals surface area contributed by atoms with Gasteiger partial charge < -0.3 is 10.1 Å². The Morgan fingerprint density at radius 3 is 2.26 bits per heavy atom. The van der Waals surface area contributed by atoms with E-state index in [0.29, 0.717) is 6.42 Å². The number of sulfonamides is 2. The van der Waals surface area contributed by atoms with Crippen LogP contribution in [0, 0.1) is 0 Å². The van der Waals surface area contributed by atoms with E-state index in [2.05, 4.69) is 10.0 Å². The maximum atomic E-state index is 12.2. The molecular formula is C19H23N3O7S2. The van der Waals surface area contributed by atoms with Gasteiger partial charge in [-0.1, -0.05) is 18.2 Å². The number of aryl methyl sites for hydroxylation is 1. The number of carbonyl (C=O) groups is 2. The van der Waals surface area contributed by atoms with Crippen molar-refractivity contribution in [2.24, 2.45) is 5.14 Å². The van der Waals surface area contributed by atoms with E-state index in [1.807, 2.05) is 0 Å². The van der Waals surface area contributed by atoms with Gasteiger partial charge in [-0.2, -0.15) is 0 Å². The van der Waals surface area contributed by atoms with Gasteiger partial charge in [-0.05, 0) is 56.3 Å². The lowest BCUT2D eigenvalue weighted by atomic mass is 10.1. The Bertz CT molecular complexity index is 1160. The number of amides is 1. The van der Waals surface area contributed by atoms with Gasteiger partial charge >= 0.3 is 5.97 Å². The van der Waals surface area contributed by atoms with Crippen molar-refractivity contribution in [2.75, 3.05) is 12.4 Å². The number of benzene rings is 2. The lowest BCUT2D eigenvalue weighted by molar-refractivity contribution is -0.153. The Morgan fingerprint density at radius 1 is 1.03 bits per heavy atom. The molecule has 10 nitrogen and oxygen atoms in total. The van der Waals surface area contributed by atoms with E-state index >= 15 is 0 Å². The highest BCUT2D eigenvalue weighted by Gasteiger charge is 2.19. The second-order valence-corrected chi connectivity index (χ2v) is 9.99. The average molecular weight is 470 g/mol. The number of ether oxygens (including phenoxy) is 1. The van der Waals surface area contributed by atoms with Crippen LogP contribution in [0.4, 0.5) is 5.69 Å². The van der Waals surface area contributed by atoms with Gasteiger partial charge in [0.2, 0.25) is 20.0 Å². The highest BCUT2D eigenvalue weighted by Crippen LogP contribution is 2.15. The van der Waals surface area contributed by atoms with Crippen LogP contribution in [0.15, 0.2) is 58.3 Å². The summed E-state index contributed by atoms with van der Waals surface area (Å²) >= 11 is 0. The quantitative estimate of drug-likeness (QED) is 0.456. The SMILES string of the molecule is CNS(=O)(=O)c1ccc(CCC(=O)OC(C)C(=O)Nc2cccc(S(N)(=O)=O)c2)cc1.